The molecule has 17 heavy (non-hydrogen) atoms. The molecule has 1 fully saturated rings. The van der Waals surface area contributed by atoms with E-state index in [-0.39, 0.29) is 5.91 Å². The first-order valence-corrected chi connectivity index (χ1v) is 6.21. The van der Waals surface area contributed by atoms with Gasteiger partial charge >= 0.3 is 0 Å². The molecule has 1 amide bonds. The molecule has 1 aliphatic rings. The number of rotatable bonds is 6. The van der Waals surface area contributed by atoms with Gasteiger partial charge in [-0.3, -0.25) is 4.79 Å². The summed E-state index contributed by atoms with van der Waals surface area (Å²) in [6.45, 7) is 4.74. The first kappa shape index (κ1) is 13.5. The van der Waals surface area contributed by atoms with Crippen molar-refractivity contribution in [1.29, 1.82) is 5.26 Å². The molecule has 3 nitrogen and oxygen atoms in total. The second kappa shape index (κ2) is 6.90. The minimum absolute atomic E-state index is 0.199. The maximum absolute atomic E-state index is 12.0. The largest absolute Gasteiger partial charge is 0.340 e. The summed E-state index contributed by atoms with van der Waals surface area (Å²) in [5, 5.41) is 8.45. The predicted octanol–water partition coefficient (Wildman–Crippen LogP) is 2.80. The van der Waals surface area contributed by atoms with Crippen LogP contribution in [0.4, 0.5) is 0 Å². The predicted molar refractivity (Wildman–Crippen MR) is 68.2 cm³/mol. The third-order valence-corrected chi connectivity index (χ3v) is 2.92. The van der Waals surface area contributed by atoms with E-state index >= 15 is 0 Å². The molecule has 92 valence electrons. The van der Waals surface area contributed by atoms with Gasteiger partial charge in [0.25, 0.3) is 0 Å². The fourth-order valence-electron chi connectivity index (χ4n) is 1.82. The van der Waals surface area contributed by atoms with Crippen molar-refractivity contribution in [2.45, 2.75) is 45.6 Å². The summed E-state index contributed by atoms with van der Waals surface area (Å²) >= 11 is 0. The van der Waals surface area contributed by atoms with Crippen LogP contribution in [0.25, 0.3) is 0 Å². The Morgan fingerprint density at radius 3 is 2.71 bits per heavy atom. The summed E-state index contributed by atoms with van der Waals surface area (Å²) in [6, 6.07) is 2.53. The summed E-state index contributed by atoms with van der Waals surface area (Å²) in [5.41, 5.74) is 0.990. The van der Waals surface area contributed by atoms with Crippen LogP contribution in [0.3, 0.4) is 0 Å². The number of allylic oxidation sites excluding steroid dienone is 3. The molecule has 0 spiro atoms. The van der Waals surface area contributed by atoms with E-state index in [1.165, 1.54) is 0 Å². The Morgan fingerprint density at radius 1 is 1.53 bits per heavy atom. The van der Waals surface area contributed by atoms with Gasteiger partial charge in [-0.2, -0.15) is 5.26 Å². The van der Waals surface area contributed by atoms with E-state index < -0.39 is 0 Å². The molecule has 1 saturated carbocycles. The Kier molecular flexibility index (Phi) is 5.48. The Labute approximate surface area is 103 Å². The molecule has 0 unspecified atom stereocenters. The van der Waals surface area contributed by atoms with E-state index in [0.29, 0.717) is 18.9 Å². The molecule has 0 aromatic carbocycles. The fourth-order valence-corrected chi connectivity index (χ4v) is 1.82. The second-order valence-electron chi connectivity index (χ2n) is 4.22. The smallest absolute Gasteiger partial charge is 0.227 e. The second-order valence-corrected chi connectivity index (χ2v) is 4.22. The van der Waals surface area contributed by atoms with Gasteiger partial charge in [0.2, 0.25) is 5.91 Å². The number of carbonyl (C=O) groups excluding carboxylic acids is 1. The van der Waals surface area contributed by atoms with Gasteiger partial charge in [-0.1, -0.05) is 18.2 Å². The minimum Gasteiger partial charge on any atom is -0.340 e. The van der Waals surface area contributed by atoms with Crippen molar-refractivity contribution in [1.82, 2.24) is 4.90 Å². The average molecular weight is 232 g/mol. The first-order chi connectivity index (χ1) is 8.22. The first-order valence-electron chi connectivity index (χ1n) is 6.21. The summed E-state index contributed by atoms with van der Waals surface area (Å²) in [7, 11) is 0. The fraction of sp³-hybridized carbons (Fsp3) is 0.571. The molecule has 0 heterocycles. The lowest BCUT2D eigenvalue weighted by Crippen LogP contribution is -2.32. The zero-order valence-electron chi connectivity index (χ0n) is 10.6. The van der Waals surface area contributed by atoms with E-state index in [1.807, 2.05) is 30.9 Å². The molecular formula is C14H20N2O. The standard InChI is InChI=1S/C14H20N2O/c1-3-12(7-5-6-10-15)11-14(17)16(4-2)13-8-9-13/h3,5,7,13H,4,6,8-9,11H2,1-2H3/b7-5-,12-3+. The summed E-state index contributed by atoms with van der Waals surface area (Å²) in [5.74, 6) is 0.199. The molecule has 0 saturated heterocycles. The van der Waals surface area contributed by atoms with Crippen LogP contribution in [0.15, 0.2) is 23.8 Å². The molecule has 0 aliphatic heterocycles. The van der Waals surface area contributed by atoms with Gasteiger partial charge in [0, 0.05) is 12.6 Å². The van der Waals surface area contributed by atoms with Crippen molar-refractivity contribution < 1.29 is 4.79 Å². The zero-order chi connectivity index (χ0) is 12.7. The van der Waals surface area contributed by atoms with Crippen molar-refractivity contribution in [3.63, 3.8) is 0 Å². The van der Waals surface area contributed by atoms with Crippen LogP contribution in [-0.2, 0) is 4.79 Å². The number of hydrogen-bond donors (Lipinski definition) is 0. The highest BCUT2D eigenvalue weighted by Crippen LogP contribution is 2.27. The molecule has 1 aliphatic carbocycles. The number of nitrogens with zero attached hydrogens (tertiary/aromatic N) is 2. The van der Waals surface area contributed by atoms with E-state index in [9.17, 15) is 4.79 Å². The third-order valence-electron chi connectivity index (χ3n) is 2.92. The molecular weight excluding hydrogens is 212 g/mol. The number of carbonyl (C=O) groups is 1. The Morgan fingerprint density at radius 2 is 2.24 bits per heavy atom. The molecule has 0 N–H and O–H groups in total. The SMILES string of the molecule is C/C=C(\C=C/CC#N)CC(=O)N(CC)C1CC1. The van der Waals surface area contributed by atoms with Crippen LogP contribution >= 0.6 is 0 Å². The maximum atomic E-state index is 12.0. The van der Waals surface area contributed by atoms with E-state index in [0.717, 1.165) is 25.0 Å². The van der Waals surface area contributed by atoms with Gasteiger partial charge < -0.3 is 4.90 Å². The lowest BCUT2D eigenvalue weighted by Gasteiger charge is -2.20. The molecule has 0 radical (unpaired) electrons. The lowest BCUT2D eigenvalue weighted by atomic mass is 10.1. The van der Waals surface area contributed by atoms with Gasteiger partial charge in [0.15, 0.2) is 0 Å². The topological polar surface area (TPSA) is 44.1 Å². The Bertz CT molecular complexity index is 359. The quantitative estimate of drug-likeness (QED) is 0.661. The summed E-state index contributed by atoms with van der Waals surface area (Å²) < 4.78 is 0. The highest BCUT2D eigenvalue weighted by atomic mass is 16.2. The third kappa shape index (κ3) is 4.44. The van der Waals surface area contributed by atoms with Crippen molar-refractivity contribution in [3.05, 3.63) is 23.8 Å². The number of amides is 1. The lowest BCUT2D eigenvalue weighted by molar-refractivity contribution is -0.130. The Hall–Kier alpha value is -1.56. The Balaban J connectivity index is 2.50. The summed E-state index contributed by atoms with van der Waals surface area (Å²) in [6.07, 6.45) is 8.75. The summed E-state index contributed by atoms with van der Waals surface area (Å²) in [4.78, 5) is 14.0. The monoisotopic (exact) mass is 232 g/mol. The van der Waals surface area contributed by atoms with Crippen molar-refractivity contribution in [2.24, 2.45) is 0 Å². The molecule has 0 bridgehead atoms. The average Bonchev–Trinajstić information content (AvgIpc) is 3.13. The highest BCUT2D eigenvalue weighted by molar-refractivity contribution is 5.80. The van der Waals surface area contributed by atoms with Gasteiger partial charge in [-0.15, -0.1) is 0 Å². The maximum Gasteiger partial charge on any atom is 0.227 e. The zero-order valence-corrected chi connectivity index (χ0v) is 10.6. The number of hydrogen-bond acceptors (Lipinski definition) is 2. The van der Waals surface area contributed by atoms with Gasteiger partial charge in [0.1, 0.15) is 0 Å². The van der Waals surface area contributed by atoms with Gasteiger partial charge in [-0.05, 0) is 32.3 Å². The molecule has 0 aromatic rings. The highest BCUT2D eigenvalue weighted by Gasteiger charge is 2.30. The van der Waals surface area contributed by atoms with Crippen LogP contribution in [0.1, 0.15) is 39.5 Å². The molecule has 3 heteroatoms. The van der Waals surface area contributed by atoms with Crippen molar-refractivity contribution in [3.8, 4) is 6.07 Å². The van der Waals surface area contributed by atoms with Crippen LogP contribution in [0.2, 0.25) is 0 Å². The van der Waals surface area contributed by atoms with Crippen LogP contribution in [-0.4, -0.2) is 23.4 Å². The minimum atomic E-state index is 0.199. The molecule has 0 atom stereocenters. The van der Waals surface area contributed by atoms with Crippen LogP contribution in [0, 0.1) is 11.3 Å². The van der Waals surface area contributed by atoms with E-state index in [1.54, 1.807) is 6.08 Å². The van der Waals surface area contributed by atoms with Gasteiger partial charge in [0.05, 0.1) is 18.9 Å². The van der Waals surface area contributed by atoms with Gasteiger partial charge in [-0.25, -0.2) is 0 Å². The van der Waals surface area contributed by atoms with Crippen LogP contribution in [0.5, 0.6) is 0 Å². The molecule has 1 rings (SSSR count). The molecule has 0 aromatic heterocycles. The normalized spacial score (nSPS) is 15.9. The van der Waals surface area contributed by atoms with E-state index in [4.69, 9.17) is 5.26 Å². The van der Waals surface area contributed by atoms with Crippen molar-refractivity contribution >= 4 is 5.91 Å². The van der Waals surface area contributed by atoms with E-state index in [2.05, 4.69) is 6.07 Å². The number of nitriles is 1. The van der Waals surface area contributed by atoms with Crippen molar-refractivity contribution in [2.75, 3.05) is 6.54 Å². The van der Waals surface area contributed by atoms with Crippen LogP contribution < -0.4 is 0 Å².